The Bertz CT molecular complexity index is 956. The van der Waals surface area contributed by atoms with Gasteiger partial charge in [-0.2, -0.15) is 5.10 Å². The van der Waals surface area contributed by atoms with Gasteiger partial charge in [0, 0.05) is 0 Å². The van der Waals surface area contributed by atoms with Crippen LogP contribution in [-0.2, 0) is 11.4 Å². The van der Waals surface area contributed by atoms with Gasteiger partial charge in [0.05, 0.1) is 12.8 Å². The van der Waals surface area contributed by atoms with Crippen molar-refractivity contribution in [1.82, 2.24) is 5.43 Å². The van der Waals surface area contributed by atoms with Crippen LogP contribution in [-0.4, -0.2) is 25.3 Å². The molecule has 0 aliphatic rings. The normalized spacial score (nSPS) is 10.6. The molecule has 154 valence electrons. The van der Waals surface area contributed by atoms with E-state index in [1.165, 1.54) is 0 Å². The highest BCUT2D eigenvalue weighted by molar-refractivity contribution is 5.83. The van der Waals surface area contributed by atoms with Gasteiger partial charge in [-0.15, -0.1) is 0 Å². The molecule has 0 spiro atoms. The number of nitrogens with one attached hydrogen (secondary N) is 1. The number of hydrogen-bond donors (Lipinski definition) is 1. The second kappa shape index (κ2) is 11.3. The van der Waals surface area contributed by atoms with Crippen molar-refractivity contribution in [3.8, 4) is 17.2 Å². The lowest BCUT2D eigenvalue weighted by Crippen LogP contribution is -2.24. The van der Waals surface area contributed by atoms with E-state index >= 15 is 0 Å². The van der Waals surface area contributed by atoms with E-state index in [0.29, 0.717) is 24.7 Å². The molecule has 0 bridgehead atoms. The summed E-state index contributed by atoms with van der Waals surface area (Å²) < 4.78 is 16.7. The zero-order chi connectivity index (χ0) is 21.0. The first-order valence-corrected chi connectivity index (χ1v) is 9.68. The average molecular weight is 404 g/mol. The predicted octanol–water partition coefficient (Wildman–Crippen LogP) is 4.19. The third kappa shape index (κ3) is 6.67. The van der Waals surface area contributed by atoms with Crippen LogP contribution in [0.2, 0.25) is 0 Å². The SMILES string of the molecule is CCOc1ccccc1OCC(=O)N/N=C/c1ccc(OCc2ccccc2)cc1. The highest BCUT2D eigenvalue weighted by Gasteiger charge is 2.06. The molecule has 0 heterocycles. The summed E-state index contributed by atoms with van der Waals surface area (Å²) in [6, 6.07) is 24.6. The maximum atomic E-state index is 11.9. The summed E-state index contributed by atoms with van der Waals surface area (Å²) in [4.78, 5) is 11.9. The van der Waals surface area contributed by atoms with Crippen LogP contribution in [0.25, 0.3) is 0 Å². The molecule has 0 saturated carbocycles. The molecule has 0 atom stereocenters. The lowest BCUT2D eigenvalue weighted by molar-refractivity contribution is -0.123. The molecule has 0 saturated heterocycles. The van der Waals surface area contributed by atoms with Crippen molar-refractivity contribution in [2.24, 2.45) is 5.10 Å². The molecule has 0 aromatic heterocycles. The van der Waals surface area contributed by atoms with E-state index in [-0.39, 0.29) is 12.5 Å². The van der Waals surface area contributed by atoms with E-state index in [4.69, 9.17) is 14.2 Å². The number of nitrogens with zero attached hydrogens (tertiary/aromatic N) is 1. The van der Waals surface area contributed by atoms with Crippen molar-refractivity contribution in [1.29, 1.82) is 0 Å². The van der Waals surface area contributed by atoms with Gasteiger partial charge in [-0.3, -0.25) is 4.79 Å². The number of ether oxygens (including phenoxy) is 3. The number of hydrogen-bond acceptors (Lipinski definition) is 5. The monoisotopic (exact) mass is 404 g/mol. The number of carbonyl (C=O) groups excluding carboxylic acids is 1. The van der Waals surface area contributed by atoms with Crippen LogP contribution in [0, 0.1) is 0 Å². The van der Waals surface area contributed by atoms with Crippen LogP contribution < -0.4 is 19.6 Å². The molecule has 0 fully saturated rings. The van der Waals surface area contributed by atoms with E-state index < -0.39 is 0 Å². The summed E-state index contributed by atoms with van der Waals surface area (Å²) >= 11 is 0. The zero-order valence-corrected chi connectivity index (χ0v) is 16.8. The second-order valence-electron chi connectivity index (χ2n) is 6.30. The van der Waals surface area contributed by atoms with Crippen molar-refractivity contribution < 1.29 is 19.0 Å². The molecular formula is C24H24N2O4. The fraction of sp³-hybridized carbons (Fsp3) is 0.167. The number of hydrazone groups is 1. The molecule has 0 aliphatic carbocycles. The van der Waals surface area contributed by atoms with Crippen LogP contribution >= 0.6 is 0 Å². The van der Waals surface area contributed by atoms with E-state index in [1.54, 1.807) is 18.3 Å². The van der Waals surface area contributed by atoms with Crippen LogP contribution in [0.1, 0.15) is 18.1 Å². The Morgan fingerprint density at radius 2 is 1.53 bits per heavy atom. The molecular weight excluding hydrogens is 380 g/mol. The number of rotatable bonds is 10. The van der Waals surface area contributed by atoms with Crippen molar-refractivity contribution in [3.63, 3.8) is 0 Å². The van der Waals surface area contributed by atoms with Crippen molar-refractivity contribution in [3.05, 3.63) is 90.0 Å². The van der Waals surface area contributed by atoms with E-state index in [9.17, 15) is 4.79 Å². The van der Waals surface area contributed by atoms with Crippen molar-refractivity contribution >= 4 is 12.1 Å². The smallest absolute Gasteiger partial charge is 0.277 e. The van der Waals surface area contributed by atoms with Gasteiger partial charge in [-0.05, 0) is 54.4 Å². The van der Waals surface area contributed by atoms with Gasteiger partial charge >= 0.3 is 0 Å². The molecule has 3 aromatic carbocycles. The maximum Gasteiger partial charge on any atom is 0.277 e. The minimum Gasteiger partial charge on any atom is -0.490 e. The molecule has 3 rings (SSSR count). The fourth-order valence-corrected chi connectivity index (χ4v) is 2.59. The lowest BCUT2D eigenvalue weighted by atomic mass is 10.2. The topological polar surface area (TPSA) is 69.2 Å². The summed E-state index contributed by atoms with van der Waals surface area (Å²) in [5.41, 5.74) is 4.39. The van der Waals surface area contributed by atoms with E-state index in [1.807, 2.05) is 73.7 Å². The number of para-hydroxylation sites is 2. The Morgan fingerprint density at radius 1 is 0.867 bits per heavy atom. The van der Waals surface area contributed by atoms with Gasteiger partial charge in [0.15, 0.2) is 18.1 Å². The first kappa shape index (κ1) is 20.9. The maximum absolute atomic E-state index is 11.9. The predicted molar refractivity (Wildman–Crippen MR) is 116 cm³/mol. The molecule has 1 amide bonds. The lowest BCUT2D eigenvalue weighted by Gasteiger charge is -2.10. The minimum absolute atomic E-state index is 0.159. The van der Waals surface area contributed by atoms with E-state index in [0.717, 1.165) is 16.9 Å². The second-order valence-corrected chi connectivity index (χ2v) is 6.30. The third-order valence-corrected chi connectivity index (χ3v) is 4.04. The third-order valence-electron chi connectivity index (χ3n) is 4.04. The summed E-state index contributed by atoms with van der Waals surface area (Å²) in [7, 11) is 0. The molecule has 1 N–H and O–H groups in total. The van der Waals surface area contributed by atoms with Crippen LogP contribution in [0.3, 0.4) is 0 Å². The molecule has 0 radical (unpaired) electrons. The summed E-state index contributed by atoms with van der Waals surface area (Å²) in [6.45, 7) is 2.76. The van der Waals surface area contributed by atoms with Gasteiger partial charge in [-0.1, -0.05) is 42.5 Å². The standard InChI is InChI=1S/C24H24N2O4/c1-2-28-22-10-6-7-11-23(22)30-18-24(27)26-25-16-19-12-14-21(15-13-19)29-17-20-8-4-3-5-9-20/h3-16H,2,17-18H2,1H3,(H,26,27)/b25-16+. The number of amides is 1. The molecule has 0 unspecified atom stereocenters. The Balaban J connectivity index is 1.43. The Kier molecular flexibility index (Phi) is 7.85. The number of benzene rings is 3. The van der Waals surface area contributed by atoms with Gasteiger partial charge in [0.25, 0.3) is 5.91 Å². The van der Waals surface area contributed by atoms with E-state index in [2.05, 4.69) is 10.5 Å². The summed E-state index contributed by atoms with van der Waals surface area (Å²) in [5.74, 6) is 1.53. The summed E-state index contributed by atoms with van der Waals surface area (Å²) in [5, 5.41) is 3.96. The number of carbonyl (C=O) groups is 1. The molecule has 6 nitrogen and oxygen atoms in total. The van der Waals surface area contributed by atoms with Crippen LogP contribution in [0.15, 0.2) is 84.0 Å². The zero-order valence-electron chi connectivity index (χ0n) is 16.8. The Morgan fingerprint density at radius 3 is 2.23 bits per heavy atom. The minimum atomic E-state index is -0.361. The highest BCUT2D eigenvalue weighted by Crippen LogP contribution is 2.26. The molecule has 3 aromatic rings. The van der Waals surface area contributed by atoms with Gasteiger partial charge < -0.3 is 14.2 Å². The molecule has 30 heavy (non-hydrogen) atoms. The average Bonchev–Trinajstić information content (AvgIpc) is 2.79. The highest BCUT2D eigenvalue weighted by atomic mass is 16.5. The molecule has 6 heteroatoms. The van der Waals surface area contributed by atoms with Gasteiger partial charge in [0.1, 0.15) is 12.4 Å². The van der Waals surface area contributed by atoms with Gasteiger partial charge in [-0.25, -0.2) is 5.43 Å². The quantitative estimate of drug-likeness (QED) is 0.406. The van der Waals surface area contributed by atoms with Crippen molar-refractivity contribution in [2.75, 3.05) is 13.2 Å². The Labute approximate surface area is 176 Å². The summed E-state index contributed by atoms with van der Waals surface area (Å²) in [6.07, 6.45) is 1.56. The first-order chi connectivity index (χ1) is 14.7. The van der Waals surface area contributed by atoms with Crippen molar-refractivity contribution in [2.45, 2.75) is 13.5 Å². The van der Waals surface area contributed by atoms with Crippen LogP contribution in [0.4, 0.5) is 0 Å². The fourth-order valence-electron chi connectivity index (χ4n) is 2.59. The Hall–Kier alpha value is -3.80. The first-order valence-electron chi connectivity index (χ1n) is 9.68. The largest absolute Gasteiger partial charge is 0.490 e. The van der Waals surface area contributed by atoms with Gasteiger partial charge in [0.2, 0.25) is 0 Å². The van der Waals surface area contributed by atoms with Crippen LogP contribution in [0.5, 0.6) is 17.2 Å². The molecule has 0 aliphatic heterocycles.